The zero-order valence-corrected chi connectivity index (χ0v) is 22.6. The maximum Gasteiger partial charge on any atom is 0.336 e. The minimum Gasteiger partial charge on any atom is -0.504 e. The quantitative estimate of drug-likeness (QED) is 0.0399. The van der Waals surface area contributed by atoms with E-state index in [-0.39, 0.29) is 35.9 Å². The van der Waals surface area contributed by atoms with Crippen LogP contribution in [0, 0.1) is 0 Å². The summed E-state index contributed by atoms with van der Waals surface area (Å²) < 4.78 is 5.38. The summed E-state index contributed by atoms with van der Waals surface area (Å²) in [5.41, 5.74) is 7.94. The molecule has 0 spiro atoms. The average molecular weight is 609 g/mol. The third-order valence-corrected chi connectivity index (χ3v) is 6.00. The highest BCUT2D eigenvalue weighted by atomic mass is 16.5. The molecule has 0 bridgehead atoms. The van der Waals surface area contributed by atoms with E-state index in [9.17, 15) is 44.1 Å². The average Bonchev–Trinajstić information content (AvgIpc) is 2.89. The monoisotopic (exact) mass is 608 g/mol. The number of benzene rings is 1. The third kappa shape index (κ3) is 10.5. The van der Waals surface area contributed by atoms with Gasteiger partial charge in [-0.05, 0) is 36.6 Å². The maximum atomic E-state index is 12.5. The number of phenols is 1. The summed E-state index contributed by atoms with van der Waals surface area (Å²) in [4.78, 5) is 74.5. The Labute approximate surface area is 243 Å². The molecule has 0 aromatic heterocycles. The number of amides is 3. The lowest BCUT2D eigenvalue weighted by Gasteiger charge is -2.25. The first kappa shape index (κ1) is 33.8. The third-order valence-electron chi connectivity index (χ3n) is 6.00. The smallest absolute Gasteiger partial charge is 0.336 e. The Hall–Kier alpha value is -5.39. The number of carboxylic acids is 3. The Bertz CT molecular complexity index is 1330. The molecule has 18 nitrogen and oxygen atoms in total. The minimum atomic E-state index is -2.74. The first-order valence-electron chi connectivity index (χ1n) is 12.7. The van der Waals surface area contributed by atoms with Gasteiger partial charge in [0.15, 0.2) is 23.1 Å². The molecule has 1 aliphatic heterocycles. The van der Waals surface area contributed by atoms with Crippen LogP contribution < -0.4 is 32.2 Å². The van der Waals surface area contributed by atoms with Crippen molar-refractivity contribution in [2.45, 2.75) is 49.8 Å². The van der Waals surface area contributed by atoms with E-state index in [0.29, 0.717) is 6.42 Å². The second kappa shape index (κ2) is 15.0. The standard InChI is InChI=1S/C25H32N6O12/c26-24(27)28-6-1-2-13-20(36)31-14(21(37)30-13)8-12-3-4-16(32)17(9-12)43-7-5-25(42,23(40)41)11-18(33)29-15(22(38)39)10-19(34)35/h3-4,8-9,13,15,32,42H,1-2,5-7,10-11H2,(H,29,33)(H,30,37)(H,31,36)(H,34,35)(H,38,39)(H,40,41)(H4,26,27,28)/b14-8-/t13-,15-,25-/m0/s1. The van der Waals surface area contributed by atoms with E-state index >= 15 is 0 Å². The molecule has 1 heterocycles. The molecule has 0 unspecified atom stereocenters. The highest BCUT2D eigenvalue weighted by Gasteiger charge is 2.39. The second-order valence-corrected chi connectivity index (χ2v) is 9.42. The summed E-state index contributed by atoms with van der Waals surface area (Å²) in [5, 5.41) is 54.8. The van der Waals surface area contributed by atoms with Crippen molar-refractivity contribution in [3.8, 4) is 11.5 Å². The fourth-order valence-corrected chi connectivity index (χ4v) is 3.78. The van der Waals surface area contributed by atoms with Gasteiger partial charge in [-0.2, -0.15) is 0 Å². The number of aromatic hydroxyl groups is 1. The topological polar surface area (TPSA) is 313 Å². The fourth-order valence-electron chi connectivity index (χ4n) is 3.78. The predicted molar refractivity (Wildman–Crippen MR) is 145 cm³/mol. The van der Waals surface area contributed by atoms with Gasteiger partial charge >= 0.3 is 17.9 Å². The number of nitrogens with two attached hydrogens (primary N) is 2. The Kier molecular flexibility index (Phi) is 11.8. The molecule has 1 aliphatic rings. The number of nitrogens with one attached hydrogen (secondary N) is 3. The first-order chi connectivity index (χ1) is 20.1. The molecular weight excluding hydrogens is 576 g/mol. The predicted octanol–water partition coefficient (Wildman–Crippen LogP) is -2.58. The minimum absolute atomic E-state index is 0.0924. The largest absolute Gasteiger partial charge is 0.504 e. The number of carbonyl (C=O) groups excluding carboxylic acids is 3. The molecular formula is C25H32N6O12. The molecule has 12 N–H and O–H groups in total. The maximum absolute atomic E-state index is 12.5. The van der Waals surface area contributed by atoms with Crippen LogP contribution in [0.4, 0.5) is 0 Å². The van der Waals surface area contributed by atoms with Crippen molar-refractivity contribution in [1.82, 2.24) is 16.0 Å². The number of aliphatic hydroxyl groups is 1. The highest BCUT2D eigenvalue weighted by molar-refractivity contribution is 6.07. The van der Waals surface area contributed by atoms with Crippen molar-refractivity contribution in [1.29, 1.82) is 0 Å². The molecule has 1 fully saturated rings. The SMILES string of the molecule is NC(N)=NCCC[C@@H]1NC(=O)/C(=C/c2ccc(O)c(OCC[C@](O)(CC(=O)N[C@@H](CC(=O)O)C(=O)O)C(=O)O)c2)NC1=O. The molecule has 1 aromatic carbocycles. The Morgan fingerprint density at radius 1 is 1.16 bits per heavy atom. The van der Waals surface area contributed by atoms with E-state index < -0.39 is 84.9 Å². The van der Waals surface area contributed by atoms with Gasteiger partial charge in [0, 0.05) is 13.0 Å². The van der Waals surface area contributed by atoms with Crippen molar-refractivity contribution < 1.29 is 59.0 Å². The van der Waals surface area contributed by atoms with Gasteiger partial charge in [-0.15, -0.1) is 0 Å². The van der Waals surface area contributed by atoms with Crippen LogP contribution in [-0.2, 0) is 28.8 Å². The molecule has 2 rings (SSSR count). The number of rotatable bonds is 16. The lowest BCUT2D eigenvalue weighted by molar-refractivity contribution is -0.163. The lowest BCUT2D eigenvalue weighted by Crippen LogP contribution is -2.54. The number of guanidine groups is 1. The van der Waals surface area contributed by atoms with Gasteiger partial charge in [-0.3, -0.25) is 24.2 Å². The first-order valence-corrected chi connectivity index (χ1v) is 12.7. The molecule has 1 saturated heterocycles. The summed E-state index contributed by atoms with van der Waals surface area (Å²) in [6.45, 7) is -0.282. The summed E-state index contributed by atoms with van der Waals surface area (Å²) in [5.74, 6) is -8.02. The normalized spacial score (nSPS) is 17.5. The number of carboxylic acid groups (broad SMARTS) is 3. The van der Waals surface area contributed by atoms with Gasteiger partial charge in [0.25, 0.3) is 5.91 Å². The number of carbonyl (C=O) groups is 6. The van der Waals surface area contributed by atoms with Crippen LogP contribution in [0.5, 0.6) is 11.5 Å². The van der Waals surface area contributed by atoms with Gasteiger partial charge < -0.3 is 57.7 Å². The fraction of sp³-hybridized carbons (Fsp3) is 0.400. The zero-order chi connectivity index (χ0) is 32.3. The number of nitrogens with zero attached hydrogens (tertiary/aromatic N) is 1. The van der Waals surface area contributed by atoms with Crippen LogP contribution in [0.3, 0.4) is 0 Å². The Morgan fingerprint density at radius 2 is 1.86 bits per heavy atom. The van der Waals surface area contributed by atoms with Gasteiger partial charge in [-0.25, -0.2) is 9.59 Å². The van der Waals surface area contributed by atoms with Crippen molar-refractivity contribution in [2.75, 3.05) is 13.2 Å². The summed E-state index contributed by atoms with van der Waals surface area (Å²) in [7, 11) is 0. The van der Waals surface area contributed by atoms with Crippen LogP contribution >= 0.6 is 0 Å². The van der Waals surface area contributed by atoms with Gasteiger partial charge in [0.05, 0.1) is 19.4 Å². The number of phenolic OH excluding ortho intramolecular Hbond substituents is 1. The molecule has 3 atom stereocenters. The number of piperazine rings is 1. The zero-order valence-electron chi connectivity index (χ0n) is 22.6. The van der Waals surface area contributed by atoms with Crippen molar-refractivity contribution in [2.24, 2.45) is 16.5 Å². The van der Waals surface area contributed by atoms with Crippen LogP contribution in [-0.4, -0.2) is 98.0 Å². The van der Waals surface area contributed by atoms with E-state index in [1.165, 1.54) is 24.3 Å². The summed E-state index contributed by atoms with van der Waals surface area (Å²) in [6.07, 6.45) is -0.802. The molecule has 43 heavy (non-hydrogen) atoms. The number of hydrogen-bond acceptors (Lipinski definition) is 10. The highest BCUT2D eigenvalue weighted by Crippen LogP contribution is 2.29. The molecule has 0 aliphatic carbocycles. The van der Waals surface area contributed by atoms with Crippen molar-refractivity contribution in [3.63, 3.8) is 0 Å². The summed E-state index contributed by atoms with van der Waals surface area (Å²) in [6, 6.07) is 1.19. The van der Waals surface area contributed by atoms with Crippen molar-refractivity contribution >= 4 is 47.7 Å². The van der Waals surface area contributed by atoms with E-state index in [2.05, 4.69) is 15.6 Å². The van der Waals surface area contributed by atoms with Crippen LogP contribution in [0.15, 0.2) is 28.9 Å². The molecule has 0 saturated carbocycles. The van der Waals surface area contributed by atoms with E-state index in [1.807, 2.05) is 5.32 Å². The number of ether oxygens (including phenoxy) is 1. The molecule has 3 amide bonds. The summed E-state index contributed by atoms with van der Waals surface area (Å²) >= 11 is 0. The Balaban J connectivity index is 2.04. The van der Waals surface area contributed by atoms with Gasteiger partial charge in [-0.1, -0.05) is 6.07 Å². The number of hydrogen-bond donors (Lipinski definition) is 10. The van der Waals surface area contributed by atoms with Crippen molar-refractivity contribution in [3.05, 3.63) is 29.5 Å². The van der Waals surface area contributed by atoms with E-state index in [1.54, 1.807) is 0 Å². The van der Waals surface area contributed by atoms with Gasteiger partial charge in [0.1, 0.15) is 17.8 Å². The number of aliphatic imine (C=N–C) groups is 1. The molecule has 18 heteroatoms. The Morgan fingerprint density at radius 3 is 2.47 bits per heavy atom. The molecule has 234 valence electrons. The van der Waals surface area contributed by atoms with E-state index in [4.69, 9.17) is 26.4 Å². The lowest BCUT2D eigenvalue weighted by atomic mass is 9.95. The van der Waals surface area contributed by atoms with Gasteiger partial charge in [0.2, 0.25) is 11.8 Å². The number of aliphatic carboxylic acids is 3. The van der Waals surface area contributed by atoms with E-state index in [0.717, 1.165) is 0 Å². The van der Waals surface area contributed by atoms with Crippen LogP contribution in [0.1, 0.15) is 37.7 Å². The second-order valence-electron chi connectivity index (χ2n) is 9.42. The molecule has 0 radical (unpaired) electrons. The van der Waals surface area contributed by atoms with Crippen LogP contribution in [0.2, 0.25) is 0 Å². The van der Waals surface area contributed by atoms with Crippen LogP contribution in [0.25, 0.3) is 6.08 Å². The molecule has 1 aromatic rings.